The van der Waals surface area contributed by atoms with Crippen molar-refractivity contribution in [2.45, 2.75) is 19.2 Å². The number of hydrogen-bond acceptors (Lipinski definition) is 4. The average molecular weight is 413 g/mol. The highest BCUT2D eigenvalue weighted by molar-refractivity contribution is 6.32. The third kappa shape index (κ3) is 5.19. The van der Waals surface area contributed by atoms with E-state index in [1.165, 1.54) is 18.2 Å². The SMILES string of the molecule is O=C(/C=C/c1cccc(C(F)(F)F)c1)OCc1cc(Cl)c2c(c1)OCCCO2. The van der Waals surface area contributed by atoms with Crippen LogP contribution in [0.3, 0.4) is 0 Å². The van der Waals surface area contributed by atoms with Gasteiger partial charge in [-0.05, 0) is 41.5 Å². The van der Waals surface area contributed by atoms with Gasteiger partial charge in [-0.25, -0.2) is 4.79 Å². The molecule has 1 aliphatic heterocycles. The van der Waals surface area contributed by atoms with Gasteiger partial charge in [0.1, 0.15) is 6.61 Å². The van der Waals surface area contributed by atoms with Crippen LogP contribution in [0.2, 0.25) is 5.02 Å². The van der Waals surface area contributed by atoms with Crippen LogP contribution in [0.5, 0.6) is 11.5 Å². The Labute approximate surface area is 164 Å². The van der Waals surface area contributed by atoms with Crippen LogP contribution in [0.4, 0.5) is 13.2 Å². The molecule has 0 spiro atoms. The molecule has 148 valence electrons. The van der Waals surface area contributed by atoms with Crippen molar-refractivity contribution in [1.82, 2.24) is 0 Å². The fourth-order valence-corrected chi connectivity index (χ4v) is 2.84. The maximum Gasteiger partial charge on any atom is 0.416 e. The minimum Gasteiger partial charge on any atom is -0.489 e. The van der Waals surface area contributed by atoms with Gasteiger partial charge in [0.15, 0.2) is 11.5 Å². The summed E-state index contributed by atoms with van der Waals surface area (Å²) in [7, 11) is 0. The summed E-state index contributed by atoms with van der Waals surface area (Å²) in [5, 5.41) is 0.352. The van der Waals surface area contributed by atoms with Gasteiger partial charge >= 0.3 is 12.1 Å². The van der Waals surface area contributed by atoms with E-state index in [1.54, 1.807) is 12.1 Å². The van der Waals surface area contributed by atoms with E-state index in [4.69, 9.17) is 25.8 Å². The minimum atomic E-state index is -4.44. The number of halogens is 4. The summed E-state index contributed by atoms with van der Waals surface area (Å²) in [4.78, 5) is 11.9. The Balaban J connectivity index is 1.62. The van der Waals surface area contributed by atoms with Crippen LogP contribution in [0.1, 0.15) is 23.1 Å². The van der Waals surface area contributed by atoms with E-state index in [0.717, 1.165) is 24.6 Å². The second-order valence-corrected chi connectivity index (χ2v) is 6.43. The number of carbonyl (C=O) groups excluding carboxylic acids is 1. The third-order valence-electron chi connectivity index (χ3n) is 3.87. The Hall–Kier alpha value is -2.67. The molecular formula is C20H16ClF3O4. The van der Waals surface area contributed by atoms with Gasteiger partial charge in [-0.2, -0.15) is 13.2 Å². The lowest BCUT2D eigenvalue weighted by molar-refractivity contribution is -0.139. The summed E-state index contributed by atoms with van der Waals surface area (Å²) >= 11 is 6.18. The molecule has 0 radical (unpaired) electrons. The number of alkyl halides is 3. The van der Waals surface area contributed by atoms with E-state index in [0.29, 0.717) is 35.3 Å². The molecule has 0 amide bonds. The highest BCUT2D eigenvalue weighted by Crippen LogP contribution is 2.38. The minimum absolute atomic E-state index is 0.0673. The maximum absolute atomic E-state index is 12.7. The van der Waals surface area contributed by atoms with Gasteiger partial charge < -0.3 is 14.2 Å². The Morgan fingerprint density at radius 2 is 1.96 bits per heavy atom. The fraction of sp³-hybridized carbons (Fsp3) is 0.250. The molecule has 3 rings (SSSR count). The van der Waals surface area contributed by atoms with Crippen molar-refractivity contribution in [3.63, 3.8) is 0 Å². The number of hydrogen-bond donors (Lipinski definition) is 0. The van der Waals surface area contributed by atoms with Crippen molar-refractivity contribution >= 4 is 23.6 Å². The lowest BCUT2D eigenvalue weighted by atomic mass is 10.1. The van der Waals surface area contributed by atoms with Crippen molar-refractivity contribution in [2.75, 3.05) is 13.2 Å². The highest BCUT2D eigenvalue weighted by atomic mass is 35.5. The largest absolute Gasteiger partial charge is 0.489 e. The predicted molar refractivity (Wildman–Crippen MR) is 97.3 cm³/mol. The molecule has 0 aliphatic carbocycles. The van der Waals surface area contributed by atoms with Crippen LogP contribution in [-0.2, 0) is 22.3 Å². The molecule has 0 atom stereocenters. The number of ether oxygens (including phenoxy) is 3. The van der Waals surface area contributed by atoms with Crippen LogP contribution in [-0.4, -0.2) is 19.2 Å². The van der Waals surface area contributed by atoms with E-state index in [1.807, 2.05) is 0 Å². The first-order valence-corrected chi connectivity index (χ1v) is 8.81. The molecule has 0 bridgehead atoms. The van der Waals surface area contributed by atoms with Gasteiger partial charge in [-0.3, -0.25) is 0 Å². The molecule has 0 saturated carbocycles. The first kappa shape index (κ1) is 20.1. The quantitative estimate of drug-likeness (QED) is 0.506. The van der Waals surface area contributed by atoms with Crippen LogP contribution < -0.4 is 9.47 Å². The fourth-order valence-electron chi connectivity index (χ4n) is 2.55. The van der Waals surface area contributed by atoms with Crippen molar-refractivity contribution in [1.29, 1.82) is 0 Å². The Morgan fingerprint density at radius 1 is 1.18 bits per heavy atom. The summed E-state index contributed by atoms with van der Waals surface area (Å²) in [6, 6.07) is 7.93. The van der Waals surface area contributed by atoms with Crippen molar-refractivity contribution in [2.24, 2.45) is 0 Å². The topological polar surface area (TPSA) is 44.8 Å². The van der Waals surface area contributed by atoms with E-state index < -0.39 is 17.7 Å². The molecule has 0 fully saturated rings. The number of esters is 1. The summed E-state index contributed by atoms with van der Waals surface area (Å²) in [5.41, 5.74) is 0.0605. The second kappa shape index (κ2) is 8.56. The zero-order valence-corrected chi connectivity index (χ0v) is 15.3. The molecule has 28 heavy (non-hydrogen) atoms. The van der Waals surface area contributed by atoms with Gasteiger partial charge in [0.25, 0.3) is 0 Å². The normalized spacial score (nSPS) is 14.0. The third-order valence-corrected chi connectivity index (χ3v) is 4.15. The zero-order valence-electron chi connectivity index (χ0n) is 14.6. The summed E-state index contributed by atoms with van der Waals surface area (Å²) in [6.07, 6.45) is -1.38. The maximum atomic E-state index is 12.7. The van der Waals surface area contributed by atoms with Crippen LogP contribution in [0.15, 0.2) is 42.5 Å². The number of fused-ring (bicyclic) bond motifs is 1. The van der Waals surface area contributed by atoms with E-state index in [2.05, 4.69) is 0 Å². The lowest BCUT2D eigenvalue weighted by Gasteiger charge is -2.11. The van der Waals surface area contributed by atoms with Gasteiger partial charge in [0, 0.05) is 12.5 Å². The molecule has 0 N–H and O–H groups in total. The van der Waals surface area contributed by atoms with Gasteiger partial charge in [-0.1, -0.05) is 23.7 Å². The molecule has 0 aromatic heterocycles. The van der Waals surface area contributed by atoms with Gasteiger partial charge in [-0.15, -0.1) is 0 Å². The van der Waals surface area contributed by atoms with Crippen molar-refractivity contribution in [3.8, 4) is 11.5 Å². The molecular weight excluding hydrogens is 397 g/mol. The monoisotopic (exact) mass is 412 g/mol. The standard InChI is InChI=1S/C20H16ClF3O4/c21-16-10-14(11-17-19(16)27-8-2-7-26-17)12-28-18(25)6-5-13-3-1-4-15(9-13)20(22,23)24/h1,3-6,9-11H,2,7-8,12H2/b6-5+. The van der Waals surface area contributed by atoms with Crippen LogP contribution in [0.25, 0.3) is 6.08 Å². The summed E-state index contributed by atoms with van der Waals surface area (Å²) < 4.78 is 54.3. The Kier molecular flexibility index (Phi) is 6.14. The van der Waals surface area contributed by atoms with E-state index in [-0.39, 0.29) is 12.2 Å². The second-order valence-electron chi connectivity index (χ2n) is 6.02. The molecule has 1 heterocycles. The smallest absolute Gasteiger partial charge is 0.416 e. The first-order valence-electron chi connectivity index (χ1n) is 8.43. The van der Waals surface area contributed by atoms with Crippen LogP contribution in [0, 0.1) is 0 Å². The van der Waals surface area contributed by atoms with Crippen molar-refractivity contribution < 1.29 is 32.2 Å². The number of benzene rings is 2. The zero-order chi connectivity index (χ0) is 20.1. The van der Waals surface area contributed by atoms with Crippen molar-refractivity contribution in [3.05, 3.63) is 64.2 Å². The number of rotatable bonds is 4. The molecule has 1 aliphatic rings. The molecule has 8 heteroatoms. The highest BCUT2D eigenvalue weighted by Gasteiger charge is 2.30. The lowest BCUT2D eigenvalue weighted by Crippen LogP contribution is -2.04. The molecule has 0 unspecified atom stereocenters. The summed E-state index contributed by atoms with van der Waals surface area (Å²) in [6.45, 7) is 0.926. The average Bonchev–Trinajstić information content (AvgIpc) is 2.90. The molecule has 2 aromatic rings. The predicted octanol–water partition coefficient (Wildman–Crippen LogP) is 5.28. The molecule has 0 saturated heterocycles. The molecule has 4 nitrogen and oxygen atoms in total. The van der Waals surface area contributed by atoms with Crippen LogP contribution >= 0.6 is 11.6 Å². The first-order chi connectivity index (χ1) is 13.3. The van der Waals surface area contributed by atoms with E-state index in [9.17, 15) is 18.0 Å². The Morgan fingerprint density at radius 3 is 2.75 bits per heavy atom. The Bertz CT molecular complexity index is 894. The van der Waals surface area contributed by atoms with Gasteiger partial charge in [0.05, 0.1) is 23.8 Å². The number of carbonyl (C=O) groups is 1. The molecule has 2 aromatic carbocycles. The summed E-state index contributed by atoms with van der Waals surface area (Å²) in [5.74, 6) is 0.245. The van der Waals surface area contributed by atoms with Gasteiger partial charge in [0.2, 0.25) is 0 Å². The van der Waals surface area contributed by atoms with E-state index >= 15 is 0 Å².